The van der Waals surface area contributed by atoms with Crippen molar-refractivity contribution in [1.82, 2.24) is 9.97 Å². The van der Waals surface area contributed by atoms with Crippen molar-refractivity contribution in [2.75, 3.05) is 13.2 Å². The third kappa shape index (κ3) is 3.30. The number of nitrogens with one attached hydrogen (secondary N) is 1. The summed E-state index contributed by atoms with van der Waals surface area (Å²) in [7, 11) is 0. The first-order valence-corrected chi connectivity index (χ1v) is 8.91. The number of hydrogen-bond acceptors (Lipinski definition) is 5. The topological polar surface area (TPSA) is 81.3 Å². The van der Waals surface area contributed by atoms with E-state index in [0.29, 0.717) is 17.0 Å². The summed E-state index contributed by atoms with van der Waals surface area (Å²) in [6, 6.07) is 7.71. The van der Waals surface area contributed by atoms with Crippen LogP contribution in [0.1, 0.15) is 46.0 Å². The van der Waals surface area contributed by atoms with Crippen LogP contribution in [0.2, 0.25) is 0 Å². The van der Waals surface area contributed by atoms with E-state index < -0.39 is 11.9 Å². The minimum atomic E-state index is -0.506. The normalized spacial score (nSPS) is 10.8. The summed E-state index contributed by atoms with van der Waals surface area (Å²) in [5.74, 6) is -1.01. The van der Waals surface area contributed by atoms with E-state index in [2.05, 4.69) is 9.97 Å². The van der Waals surface area contributed by atoms with Gasteiger partial charge in [-0.25, -0.2) is 9.59 Å². The fourth-order valence-electron chi connectivity index (χ4n) is 3.30. The molecule has 0 aliphatic rings. The van der Waals surface area contributed by atoms with Crippen LogP contribution in [-0.2, 0) is 9.47 Å². The number of benzene rings is 1. The van der Waals surface area contributed by atoms with E-state index in [1.54, 1.807) is 33.9 Å². The molecule has 2 aromatic heterocycles. The number of aryl methyl sites for hydroxylation is 2. The molecule has 6 nitrogen and oxygen atoms in total. The Kier molecular flexibility index (Phi) is 5.26. The predicted octanol–water partition coefficient (Wildman–Crippen LogP) is 4.20. The Hall–Kier alpha value is -3.15. The molecule has 0 radical (unpaired) electrons. The van der Waals surface area contributed by atoms with Gasteiger partial charge in [0.1, 0.15) is 0 Å². The van der Waals surface area contributed by atoms with Crippen LogP contribution in [-0.4, -0.2) is 35.1 Å². The molecule has 6 heteroatoms. The van der Waals surface area contributed by atoms with Crippen molar-refractivity contribution in [3.63, 3.8) is 0 Å². The smallest absolute Gasteiger partial charge is 0.340 e. The van der Waals surface area contributed by atoms with Crippen molar-refractivity contribution in [3.05, 3.63) is 53.0 Å². The summed E-state index contributed by atoms with van der Waals surface area (Å²) in [5.41, 5.74) is 3.74. The van der Waals surface area contributed by atoms with E-state index in [0.717, 1.165) is 16.5 Å². The van der Waals surface area contributed by atoms with Crippen molar-refractivity contribution in [3.8, 4) is 11.1 Å². The van der Waals surface area contributed by atoms with Gasteiger partial charge in [-0.05, 0) is 33.8 Å². The number of aromatic nitrogens is 2. The average molecular weight is 366 g/mol. The molecule has 3 rings (SSSR count). The second-order valence-corrected chi connectivity index (χ2v) is 6.10. The molecule has 1 aromatic carbocycles. The molecule has 0 saturated heterocycles. The number of carbonyl (C=O) groups excluding carboxylic acids is 2. The highest BCUT2D eigenvalue weighted by molar-refractivity contribution is 6.11. The Morgan fingerprint density at radius 3 is 2.07 bits per heavy atom. The van der Waals surface area contributed by atoms with E-state index >= 15 is 0 Å². The van der Waals surface area contributed by atoms with Gasteiger partial charge >= 0.3 is 11.9 Å². The number of ether oxygens (including phenoxy) is 2. The van der Waals surface area contributed by atoms with E-state index in [9.17, 15) is 9.59 Å². The lowest BCUT2D eigenvalue weighted by Gasteiger charge is -2.17. The highest BCUT2D eigenvalue weighted by Crippen LogP contribution is 2.36. The van der Waals surface area contributed by atoms with E-state index in [1.807, 2.05) is 24.3 Å². The maximum absolute atomic E-state index is 12.7. The molecule has 0 amide bonds. The van der Waals surface area contributed by atoms with E-state index in [-0.39, 0.29) is 24.3 Å². The number of nitrogens with zero attached hydrogens (tertiary/aromatic N) is 1. The van der Waals surface area contributed by atoms with Crippen LogP contribution in [0.25, 0.3) is 22.0 Å². The average Bonchev–Trinajstić information content (AvgIpc) is 3.05. The van der Waals surface area contributed by atoms with Gasteiger partial charge in [0.15, 0.2) is 0 Å². The van der Waals surface area contributed by atoms with Crippen molar-refractivity contribution >= 4 is 22.8 Å². The van der Waals surface area contributed by atoms with Crippen LogP contribution in [0.3, 0.4) is 0 Å². The van der Waals surface area contributed by atoms with Crippen LogP contribution in [0.5, 0.6) is 0 Å². The number of fused-ring (bicyclic) bond motifs is 1. The van der Waals surface area contributed by atoms with Gasteiger partial charge in [0.25, 0.3) is 0 Å². The molecule has 27 heavy (non-hydrogen) atoms. The zero-order valence-corrected chi connectivity index (χ0v) is 15.9. The third-order valence-corrected chi connectivity index (χ3v) is 4.38. The number of H-pyrrole nitrogens is 1. The van der Waals surface area contributed by atoms with Gasteiger partial charge in [-0.2, -0.15) is 0 Å². The number of carbonyl (C=O) groups is 2. The van der Waals surface area contributed by atoms with Gasteiger partial charge in [-0.15, -0.1) is 0 Å². The van der Waals surface area contributed by atoms with Crippen molar-refractivity contribution in [2.45, 2.75) is 27.7 Å². The number of para-hydroxylation sites is 1. The zero-order valence-electron chi connectivity index (χ0n) is 15.9. The van der Waals surface area contributed by atoms with Crippen molar-refractivity contribution in [2.24, 2.45) is 0 Å². The van der Waals surface area contributed by atoms with Crippen LogP contribution in [0, 0.1) is 13.8 Å². The Morgan fingerprint density at radius 1 is 0.963 bits per heavy atom. The second-order valence-electron chi connectivity index (χ2n) is 6.10. The Balaban J connectivity index is 2.40. The number of hydrogen-bond donors (Lipinski definition) is 1. The Labute approximate surface area is 157 Å². The van der Waals surface area contributed by atoms with Gasteiger partial charge in [0.05, 0.1) is 35.7 Å². The van der Waals surface area contributed by atoms with Gasteiger partial charge < -0.3 is 14.5 Å². The number of pyridine rings is 1. The molecule has 140 valence electrons. The predicted molar refractivity (Wildman–Crippen MR) is 103 cm³/mol. The monoisotopic (exact) mass is 366 g/mol. The fourth-order valence-corrected chi connectivity index (χ4v) is 3.30. The minimum Gasteiger partial charge on any atom is -0.462 e. The first-order valence-electron chi connectivity index (χ1n) is 8.91. The molecular formula is C21H22N2O4. The van der Waals surface area contributed by atoms with Crippen LogP contribution < -0.4 is 0 Å². The molecule has 1 N–H and O–H groups in total. The van der Waals surface area contributed by atoms with E-state index in [1.165, 1.54) is 0 Å². The number of rotatable bonds is 5. The molecule has 0 atom stereocenters. The number of aromatic amines is 1. The Bertz CT molecular complexity index is 978. The second kappa shape index (κ2) is 7.61. The highest BCUT2D eigenvalue weighted by atomic mass is 16.5. The first kappa shape index (κ1) is 18.6. The molecule has 0 aliphatic carbocycles. The highest BCUT2D eigenvalue weighted by Gasteiger charge is 2.29. The molecule has 0 fully saturated rings. The van der Waals surface area contributed by atoms with Crippen molar-refractivity contribution in [1.29, 1.82) is 0 Å². The fraction of sp³-hybridized carbons (Fsp3) is 0.286. The summed E-state index contributed by atoms with van der Waals surface area (Å²) in [4.78, 5) is 33.1. The molecule has 0 aliphatic heterocycles. The molecule has 2 heterocycles. The largest absolute Gasteiger partial charge is 0.462 e. The van der Waals surface area contributed by atoms with Crippen LogP contribution in [0.15, 0.2) is 30.5 Å². The third-order valence-electron chi connectivity index (χ3n) is 4.38. The summed E-state index contributed by atoms with van der Waals surface area (Å²) in [6.07, 6.45) is 1.80. The van der Waals surface area contributed by atoms with Crippen molar-refractivity contribution < 1.29 is 19.1 Å². The van der Waals surface area contributed by atoms with Gasteiger partial charge in [-0.1, -0.05) is 18.2 Å². The summed E-state index contributed by atoms with van der Waals surface area (Å²) in [5, 5.41) is 0.901. The lowest BCUT2D eigenvalue weighted by molar-refractivity contribution is 0.0525. The molecule has 0 spiro atoms. The van der Waals surface area contributed by atoms with Gasteiger partial charge in [0, 0.05) is 28.2 Å². The summed E-state index contributed by atoms with van der Waals surface area (Å²) in [6.45, 7) is 7.43. The van der Waals surface area contributed by atoms with Gasteiger partial charge in [-0.3, -0.25) is 4.98 Å². The quantitative estimate of drug-likeness (QED) is 0.685. The lowest BCUT2D eigenvalue weighted by atomic mass is 9.92. The maximum Gasteiger partial charge on any atom is 0.340 e. The minimum absolute atomic E-state index is 0.230. The standard InChI is InChI=1S/C21H22N2O4/c1-5-26-20(24)17-12(3)23-13(4)18(21(25)27-6-2)19(17)15-11-22-16-10-8-7-9-14(15)16/h7-11,22H,5-6H2,1-4H3. The first-order chi connectivity index (χ1) is 13.0. The summed E-state index contributed by atoms with van der Waals surface area (Å²) >= 11 is 0. The maximum atomic E-state index is 12.7. The molecule has 3 aromatic rings. The van der Waals surface area contributed by atoms with Gasteiger partial charge in [0.2, 0.25) is 0 Å². The lowest BCUT2D eigenvalue weighted by Crippen LogP contribution is -2.17. The molecule has 0 saturated carbocycles. The molecule has 0 bridgehead atoms. The molecule has 0 unspecified atom stereocenters. The molecular weight excluding hydrogens is 344 g/mol. The van der Waals surface area contributed by atoms with Crippen LogP contribution >= 0.6 is 0 Å². The van der Waals surface area contributed by atoms with E-state index in [4.69, 9.17) is 9.47 Å². The summed E-state index contributed by atoms with van der Waals surface area (Å²) < 4.78 is 10.5. The number of esters is 2. The zero-order chi connectivity index (χ0) is 19.6. The Morgan fingerprint density at radius 2 is 1.52 bits per heavy atom. The van der Waals surface area contributed by atoms with Crippen LogP contribution in [0.4, 0.5) is 0 Å². The SMILES string of the molecule is CCOC(=O)c1c(C)nc(C)c(C(=O)OCC)c1-c1c[nH]c2ccccc12.